The topological polar surface area (TPSA) is 84.9 Å². The standard InChI is InChI=1S/C15H19NO5/c1-5-8-21-11-7-6-10(9-12(11)20-4)13(17)16-15(2,3)14(18)19/h5-7,9H,1,8H2,2-4H3,(H,16,17)(H,18,19). The molecule has 0 saturated carbocycles. The Morgan fingerprint density at radius 2 is 2.05 bits per heavy atom. The van der Waals surface area contributed by atoms with E-state index in [9.17, 15) is 9.59 Å². The molecule has 0 aliphatic heterocycles. The van der Waals surface area contributed by atoms with Gasteiger partial charge in [0.2, 0.25) is 0 Å². The highest BCUT2D eigenvalue weighted by Gasteiger charge is 2.29. The number of rotatable bonds is 7. The Morgan fingerprint density at radius 1 is 1.38 bits per heavy atom. The second kappa shape index (κ2) is 6.78. The molecule has 1 amide bonds. The van der Waals surface area contributed by atoms with Gasteiger partial charge in [-0.15, -0.1) is 0 Å². The molecule has 1 aromatic rings. The lowest BCUT2D eigenvalue weighted by Gasteiger charge is -2.21. The van der Waals surface area contributed by atoms with Crippen molar-refractivity contribution in [2.45, 2.75) is 19.4 Å². The van der Waals surface area contributed by atoms with E-state index in [0.29, 0.717) is 18.1 Å². The fraction of sp³-hybridized carbons (Fsp3) is 0.333. The second-order valence-corrected chi connectivity index (χ2v) is 4.85. The van der Waals surface area contributed by atoms with Crippen LogP contribution >= 0.6 is 0 Å². The maximum atomic E-state index is 12.1. The van der Waals surface area contributed by atoms with Crippen LogP contribution in [-0.4, -0.2) is 36.2 Å². The third-order valence-corrected chi connectivity index (χ3v) is 2.74. The van der Waals surface area contributed by atoms with Crippen LogP contribution < -0.4 is 14.8 Å². The first-order chi connectivity index (χ1) is 9.81. The number of hydrogen-bond acceptors (Lipinski definition) is 4. The number of hydrogen-bond donors (Lipinski definition) is 2. The summed E-state index contributed by atoms with van der Waals surface area (Å²) in [5.74, 6) is -0.756. The highest BCUT2D eigenvalue weighted by molar-refractivity contribution is 5.98. The SMILES string of the molecule is C=CCOc1ccc(C(=O)NC(C)(C)C(=O)O)cc1OC. The maximum Gasteiger partial charge on any atom is 0.328 e. The fourth-order valence-corrected chi connectivity index (χ4v) is 1.49. The first kappa shape index (κ1) is 16.6. The maximum absolute atomic E-state index is 12.1. The van der Waals surface area contributed by atoms with Gasteiger partial charge in [-0.1, -0.05) is 12.7 Å². The van der Waals surface area contributed by atoms with Gasteiger partial charge in [0.15, 0.2) is 11.5 Å². The Labute approximate surface area is 123 Å². The first-order valence-electron chi connectivity index (χ1n) is 6.29. The van der Waals surface area contributed by atoms with Crippen molar-refractivity contribution < 1.29 is 24.2 Å². The Hall–Kier alpha value is -2.50. The van der Waals surface area contributed by atoms with Crippen LogP contribution in [-0.2, 0) is 4.79 Å². The molecular weight excluding hydrogens is 274 g/mol. The molecule has 0 radical (unpaired) electrons. The zero-order chi connectivity index (χ0) is 16.0. The van der Waals surface area contributed by atoms with E-state index in [1.807, 2.05) is 0 Å². The lowest BCUT2D eigenvalue weighted by Crippen LogP contribution is -2.49. The molecule has 21 heavy (non-hydrogen) atoms. The molecule has 2 N–H and O–H groups in total. The van der Waals surface area contributed by atoms with E-state index in [4.69, 9.17) is 14.6 Å². The Morgan fingerprint density at radius 3 is 2.57 bits per heavy atom. The van der Waals surface area contributed by atoms with Crippen molar-refractivity contribution >= 4 is 11.9 Å². The molecule has 114 valence electrons. The number of methoxy groups -OCH3 is 1. The van der Waals surface area contributed by atoms with Crippen molar-refractivity contribution in [2.75, 3.05) is 13.7 Å². The molecule has 0 unspecified atom stereocenters. The van der Waals surface area contributed by atoms with Gasteiger partial charge in [-0.3, -0.25) is 4.79 Å². The molecular formula is C15H19NO5. The van der Waals surface area contributed by atoms with Gasteiger partial charge in [-0.2, -0.15) is 0 Å². The fourth-order valence-electron chi connectivity index (χ4n) is 1.49. The molecule has 0 heterocycles. The van der Waals surface area contributed by atoms with Crippen molar-refractivity contribution in [3.8, 4) is 11.5 Å². The normalized spacial score (nSPS) is 10.6. The largest absolute Gasteiger partial charge is 0.493 e. The monoisotopic (exact) mass is 293 g/mol. The first-order valence-corrected chi connectivity index (χ1v) is 6.29. The van der Waals surface area contributed by atoms with Crippen LogP contribution in [0, 0.1) is 0 Å². The molecule has 0 spiro atoms. The van der Waals surface area contributed by atoms with Gasteiger partial charge in [-0.25, -0.2) is 4.79 Å². The van der Waals surface area contributed by atoms with E-state index in [0.717, 1.165) is 0 Å². The van der Waals surface area contributed by atoms with Crippen LogP contribution in [0.3, 0.4) is 0 Å². The number of carboxylic acid groups (broad SMARTS) is 1. The Bertz CT molecular complexity index is 551. The molecule has 0 aliphatic carbocycles. The highest BCUT2D eigenvalue weighted by atomic mass is 16.5. The van der Waals surface area contributed by atoms with E-state index in [1.165, 1.54) is 33.1 Å². The van der Waals surface area contributed by atoms with Gasteiger partial charge in [0, 0.05) is 5.56 Å². The summed E-state index contributed by atoms with van der Waals surface area (Å²) in [6.07, 6.45) is 1.59. The van der Waals surface area contributed by atoms with Gasteiger partial charge in [0.05, 0.1) is 7.11 Å². The minimum Gasteiger partial charge on any atom is -0.493 e. The molecule has 6 nitrogen and oxygen atoms in total. The average molecular weight is 293 g/mol. The van der Waals surface area contributed by atoms with Crippen LogP contribution in [0.1, 0.15) is 24.2 Å². The summed E-state index contributed by atoms with van der Waals surface area (Å²) in [6.45, 7) is 6.68. The smallest absolute Gasteiger partial charge is 0.328 e. The van der Waals surface area contributed by atoms with Crippen molar-refractivity contribution in [1.82, 2.24) is 5.32 Å². The van der Waals surface area contributed by atoms with Crippen molar-refractivity contribution in [3.05, 3.63) is 36.4 Å². The zero-order valence-electron chi connectivity index (χ0n) is 12.3. The predicted molar refractivity (Wildman–Crippen MR) is 77.9 cm³/mol. The summed E-state index contributed by atoms with van der Waals surface area (Å²) < 4.78 is 10.5. The minimum atomic E-state index is -1.36. The summed E-state index contributed by atoms with van der Waals surface area (Å²) in [5, 5.41) is 11.4. The molecule has 6 heteroatoms. The van der Waals surface area contributed by atoms with Crippen LogP contribution in [0.15, 0.2) is 30.9 Å². The van der Waals surface area contributed by atoms with Crippen LogP contribution in [0.2, 0.25) is 0 Å². The third-order valence-electron chi connectivity index (χ3n) is 2.74. The second-order valence-electron chi connectivity index (χ2n) is 4.85. The third kappa shape index (κ3) is 4.24. The van der Waals surface area contributed by atoms with Crippen LogP contribution in [0.25, 0.3) is 0 Å². The van der Waals surface area contributed by atoms with Gasteiger partial charge in [0.25, 0.3) is 5.91 Å². The highest BCUT2D eigenvalue weighted by Crippen LogP contribution is 2.28. The molecule has 0 aromatic heterocycles. The number of aliphatic carboxylic acids is 1. The van der Waals surface area contributed by atoms with Crippen LogP contribution in [0.4, 0.5) is 0 Å². The van der Waals surface area contributed by atoms with E-state index >= 15 is 0 Å². The zero-order valence-corrected chi connectivity index (χ0v) is 12.3. The van der Waals surface area contributed by atoms with Crippen molar-refractivity contribution in [3.63, 3.8) is 0 Å². The van der Waals surface area contributed by atoms with E-state index < -0.39 is 17.4 Å². The van der Waals surface area contributed by atoms with Gasteiger partial charge >= 0.3 is 5.97 Å². The summed E-state index contributed by atoms with van der Waals surface area (Å²) in [7, 11) is 1.46. The van der Waals surface area contributed by atoms with E-state index in [2.05, 4.69) is 11.9 Å². The predicted octanol–water partition coefficient (Wildman–Crippen LogP) is 1.85. The molecule has 1 aromatic carbocycles. The number of nitrogens with one attached hydrogen (secondary N) is 1. The average Bonchev–Trinajstić information content (AvgIpc) is 2.44. The molecule has 0 atom stereocenters. The van der Waals surface area contributed by atoms with Gasteiger partial charge < -0.3 is 19.9 Å². The van der Waals surface area contributed by atoms with Crippen molar-refractivity contribution in [1.29, 1.82) is 0 Å². The Balaban J connectivity index is 2.96. The molecule has 0 saturated heterocycles. The van der Waals surface area contributed by atoms with E-state index in [-0.39, 0.29) is 5.56 Å². The lowest BCUT2D eigenvalue weighted by molar-refractivity contribution is -0.143. The number of carboxylic acids is 1. The number of ether oxygens (including phenoxy) is 2. The van der Waals surface area contributed by atoms with E-state index in [1.54, 1.807) is 12.1 Å². The molecule has 0 aliphatic rings. The number of amides is 1. The molecule has 1 rings (SSSR count). The summed E-state index contributed by atoms with van der Waals surface area (Å²) in [6, 6.07) is 4.62. The number of carbonyl (C=O) groups excluding carboxylic acids is 1. The summed E-state index contributed by atoms with van der Waals surface area (Å²) in [4.78, 5) is 23.1. The van der Waals surface area contributed by atoms with Crippen LogP contribution in [0.5, 0.6) is 11.5 Å². The van der Waals surface area contributed by atoms with Gasteiger partial charge in [-0.05, 0) is 32.0 Å². The van der Waals surface area contributed by atoms with Gasteiger partial charge in [0.1, 0.15) is 12.1 Å². The summed E-state index contributed by atoms with van der Waals surface area (Å²) in [5.41, 5.74) is -1.07. The lowest BCUT2D eigenvalue weighted by atomic mass is 10.1. The number of carbonyl (C=O) groups is 2. The minimum absolute atomic E-state index is 0.284. The molecule has 0 bridgehead atoms. The van der Waals surface area contributed by atoms with Crippen molar-refractivity contribution in [2.24, 2.45) is 0 Å². The summed E-state index contributed by atoms with van der Waals surface area (Å²) >= 11 is 0. The number of benzene rings is 1. The quantitative estimate of drug-likeness (QED) is 0.749. The molecule has 0 fully saturated rings. The Kier molecular flexibility index (Phi) is 5.35.